The number of rotatable bonds is 8. The minimum Gasteiger partial charge on any atom is -0.481 e. The Morgan fingerprint density at radius 3 is 2.58 bits per heavy atom. The van der Waals surface area contributed by atoms with Gasteiger partial charge in [-0.05, 0) is 49.6 Å². The van der Waals surface area contributed by atoms with Gasteiger partial charge in [0.1, 0.15) is 6.04 Å². The van der Waals surface area contributed by atoms with Gasteiger partial charge in [-0.1, -0.05) is 54.2 Å². The number of amides is 2. The molecule has 0 bridgehead atoms. The van der Waals surface area contributed by atoms with Crippen LogP contribution in [-0.4, -0.2) is 35.4 Å². The maximum atomic E-state index is 13.8. The van der Waals surface area contributed by atoms with Gasteiger partial charge in [-0.15, -0.1) is 0 Å². The lowest BCUT2D eigenvalue weighted by molar-refractivity contribution is -0.142. The summed E-state index contributed by atoms with van der Waals surface area (Å²) in [6.07, 6.45) is 4.04. The second kappa shape index (κ2) is 10.8. The second-order valence-corrected chi connectivity index (χ2v) is 8.49. The summed E-state index contributed by atoms with van der Waals surface area (Å²) in [7, 11) is 0. The number of carbonyl (C=O) groups excluding carboxylic acids is 2. The molecule has 3 rings (SSSR count). The summed E-state index contributed by atoms with van der Waals surface area (Å²) in [6, 6.07) is 10.2. The zero-order chi connectivity index (χ0) is 22.4. The van der Waals surface area contributed by atoms with Crippen LogP contribution >= 0.6 is 23.2 Å². The number of carbonyl (C=O) groups is 2. The van der Waals surface area contributed by atoms with Crippen LogP contribution in [0.3, 0.4) is 0 Å². The zero-order valence-corrected chi connectivity index (χ0v) is 18.8. The molecule has 8 heteroatoms. The molecule has 1 aliphatic rings. The van der Waals surface area contributed by atoms with Crippen molar-refractivity contribution < 1.29 is 18.7 Å². The van der Waals surface area contributed by atoms with Crippen LogP contribution in [0.1, 0.15) is 38.2 Å². The Kier molecular flexibility index (Phi) is 8.15. The number of nitrogens with one attached hydrogen (secondary N) is 1. The number of para-hydroxylation sites is 1. The molecular formula is C23H25Cl2FN2O3. The van der Waals surface area contributed by atoms with Crippen LogP contribution in [0.4, 0.5) is 4.39 Å². The molecule has 0 spiro atoms. The maximum Gasteiger partial charge on any atom is 0.261 e. The summed E-state index contributed by atoms with van der Waals surface area (Å²) in [5.41, 5.74) is 0.644. The highest BCUT2D eigenvalue weighted by molar-refractivity contribution is 6.35. The van der Waals surface area contributed by atoms with E-state index in [1.165, 1.54) is 23.1 Å². The maximum absolute atomic E-state index is 13.8. The van der Waals surface area contributed by atoms with E-state index >= 15 is 0 Å². The highest BCUT2D eigenvalue weighted by Gasteiger charge is 2.29. The fourth-order valence-corrected chi connectivity index (χ4v) is 4.06. The first-order valence-corrected chi connectivity index (χ1v) is 11.0. The third kappa shape index (κ3) is 6.34. The molecule has 0 saturated heterocycles. The molecule has 1 N–H and O–H groups in total. The van der Waals surface area contributed by atoms with Crippen molar-refractivity contribution in [2.24, 2.45) is 0 Å². The van der Waals surface area contributed by atoms with E-state index in [4.69, 9.17) is 27.9 Å². The third-order valence-corrected chi connectivity index (χ3v) is 6.00. The molecular weight excluding hydrogens is 442 g/mol. The van der Waals surface area contributed by atoms with Crippen LogP contribution in [-0.2, 0) is 16.1 Å². The van der Waals surface area contributed by atoms with Gasteiger partial charge >= 0.3 is 0 Å². The molecule has 1 atom stereocenters. The molecule has 5 nitrogen and oxygen atoms in total. The first-order valence-electron chi connectivity index (χ1n) is 10.3. The molecule has 0 heterocycles. The molecule has 1 aliphatic carbocycles. The predicted molar refractivity (Wildman–Crippen MR) is 119 cm³/mol. The Balaban J connectivity index is 1.75. The van der Waals surface area contributed by atoms with Crippen LogP contribution in [0.15, 0.2) is 42.5 Å². The summed E-state index contributed by atoms with van der Waals surface area (Å²) >= 11 is 12.3. The second-order valence-electron chi connectivity index (χ2n) is 7.64. The number of benzene rings is 2. The number of nitrogens with zero attached hydrogens (tertiary/aromatic N) is 1. The Morgan fingerprint density at radius 1 is 1.19 bits per heavy atom. The predicted octanol–water partition coefficient (Wildman–Crippen LogP) is 4.99. The first kappa shape index (κ1) is 23.4. The van der Waals surface area contributed by atoms with E-state index in [2.05, 4.69) is 5.32 Å². The van der Waals surface area contributed by atoms with Gasteiger partial charge < -0.3 is 15.0 Å². The highest BCUT2D eigenvalue weighted by Crippen LogP contribution is 2.24. The van der Waals surface area contributed by atoms with E-state index in [9.17, 15) is 14.0 Å². The molecule has 0 unspecified atom stereocenters. The lowest BCUT2D eigenvalue weighted by Crippen LogP contribution is -2.50. The van der Waals surface area contributed by atoms with Crippen molar-refractivity contribution in [2.75, 3.05) is 6.61 Å². The van der Waals surface area contributed by atoms with Crippen LogP contribution < -0.4 is 10.1 Å². The van der Waals surface area contributed by atoms with Crippen molar-refractivity contribution in [2.45, 2.75) is 51.2 Å². The van der Waals surface area contributed by atoms with E-state index in [1.54, 1.807) is 31.2 Å². The quantitative estimate of drug-likeness (QED) is 0.596. The molecule has 166 valence electrons. The first-order chi connectivity index (χ1) is 14.8. The molecule has 1 saturated carbocycles. The van der Waals surface area contributed by atoms with Crippen molar-refractivity contribution in [3.8, 4) is 5.75 Å². The van der Waals surface area contributed by atoms with Crippen LogP contribution in [0.5, 0.6) is 5.75 Å². The Bertz CT molecular complexity index is 935. The normalized spacial score (nSPS) is 14.8. The highest BCUT2D eigenvalue weighted by atomic mass is 35.5. The van der Waals surface area contributed by atoms with E-state index in [1.807, 2.05) is 0 Å². The summed E-state index contributed by atoms with van der Waals surface area (Å²) in [6.45, 7) is 1.34. The summed E-state index contributed by atoms with van der Waals surface area (Å²) in [4.78, 5) is 27.3. The average molecular weight is 467 g/mol. The van der Waals surface area contributed by atoms with E-state index in [-0.39, 0.29) is 24.2 Å². The van der Waals surface area contributed by atoms with Gasteiger partial charge in [-0.3, -0.25) is 9.59 Å². The van der Waals surface area contributed by atoms with Crippen molar-refractivity contribution in [1.82, 2.24) is 10.2 Å². The lowest BCUT2D eigenvalue weighted by atomic mass is 10.1. The van der Waals surface area contributed by atoms with E-state index in [0.717, 1.165) is 25.7 Å². The fourth-order valence-electron chi connectivity index (χ4n) is 3.59. The van der Waals surface area contributed by atoms with Gasteiger partial charge in [0, 0.05) is 22.6 Å². The van der Waals surface area contributed by atoms with Crippen LogP contribution in [0.2, 0.25) is 10.0 Å². The molecule has 2 aromatic rings. The molecule has 31 heavy (non-hydrogen) atoms. The molecule has 1 fully saturated rings. The van der Waals surface area contributed by atoms with Crippen LogP contribution in [0.25, 0.3) is 0 Å². The monoisotopic (exact) mass is 466 g/mol. The van der Waals surface area contributed by atoms with Crippen LogP contribution in [0, 0.1) is 5.82 Å². The molecule has 2 aromatic carbocycles. The largest absolute Gasteiger partial charge is 0.481 e. The van der Waals surface area contributed by atoms with Gasteiger partial charge in [0.25, 0.3) is 5.91 Å². The summed E-state index contributed by atoms with van der Waals surface area (Å²) < 4.78 is 19.2. The van der Waals surface area contributed by atoms with E-state index < -0.39 is 24.4 Å². The van der Waals surface area contributed by atoms with Crippen molar-refractivity contribution in [3.05, 3.63) is 63.9 Å². The van der Waals surface area contributed by atoms with Gasteiger partial charge in [-0.25, -0.2) is 4.39 Å². The Morgan fingerprint density at radius 2 is 1.90 bits per heavy atom. The van der Waals surface area contributed by atoms with Crippen molar-refractivity contribution in [3.63, 3.8) is 0 Å². The summed E-state index contributed by atoms with van der Waals surface area (Å²) in [5, 5.41) is 3.88. The Hall–Kier alpha value is -2.31. The topological polar surface area (TPSA) is 58.6 Å². The molecule has 0 aliphatic heterocycles. The number of hydrogen-bond donors (Lipinski definition) is 1. The Labute approximate surface area is 191 Å². The van der Waals surface area contributed by atoms with Gasteiger partial charge in [-0.2, -0.15) is 0 Å². The SMILES string of the molecule is C[C@@H](C(=O)NC1CCCC1)N(Cc1ccc(Cl)cc1Cl)C(=O)COc1ccccc1F. The lowest BCUT2D eigenvalue weighted by Gasteiger charge is -2.30. The minimum atomic E-state index is -0.760. The zero-order valence-electron chi connectivity index (χ0n) is 17.2. The number of halogens is 3. The van der Waals surface area contributed by atoms with E-state index in [0.29, 0.717) is 15.6 Å². The van der Waals surface area contributed by atoms with Gasteiger partial charge in [0.05, 0.1) is 0 Å². The third-order valence-electron chi connectivity index (χ3n) is 5.41. The average Bonchev–Trinajstić information content (AvgIpc) is 3.25. The standard InChI is InChI=1S/C23H25Cl2FN2O3/c1-15(23(30)27-18-6-2-3-7-18)28(13-16-10-11-17(24)12-19(16)25)22(29)14-31-21-9-5-4-8-20(21)26/h4-5,8-12,15,18H,2-3,6-7,13-14H2,1H3,(H,27,30)/t15-/m0/s1. The molecule has 2 amide bonds. The smallest absolute Gasteiger partial charge is 0.261 e. The van der Waals surface area contributed by atoms with Gasteiger partial charge in [0.2, 0.25) is 5.91 Å². The minimum absolute atomic E-state index is 0.0246. The fraction of sp³-hybridized carbons (Fsp3) is 0.391. The van der Waals surface area contributed by atoms with Gasteiger partial charge in [0.15, 0.2) is 18.2 Å². The number of hydrogen-bond acceptors (Lipinski definition) is 3. The molecule has 0 aromatic heterocycles. The summed E-state index contributed by atoms with van der Waals surface area (Å²) in [5.74, 6) is -1.28. The van der Waals surface area contributed by atoms with Crippen molar-refractivity contribution in [1.29, 1.82) is 0 Å². The number of ether oxygens (including phenoxy) is 1. The van der Waals surface area contributed by atoms with Crippen molar-refractivity contribution >= 4 is 35.0 Å². The molecule has 0 radical (unpaired) electrons.